The Bertz CT molecular complexity index is 1140. The molecular weight excluding hydrogens is 421 g/mol. The van der Waals surface area contributed by atoms with Gasteiger partial charge in [-0.1, -0.05) is 24.3 Å². The van der Waals surface area contributed by atoms with E-state index in [9.17, 15) is 26.4 Å². The van der Waals surface area contributed by atoms with Gasteiger partial charge in [0.05, 0.1) is 29.4 Å². The number of halogens is 3. The predicted molar refractivity (Wildman–Crippen MR) is 103 cm³/mol. The number of rotatable bonds is 3. The molecule has 2 aromatic carbocycles. The largest absolute Gasteiger partial charge is 0.416 e. The maximum absolute atomic E-state index is 13.1. The number of fused-ring (bicyclic) bond motifs is 1. The molecule has 1 saturated heterocycles. The zero-order chi connectivity index (χ0) is 21.5. The van der Waals surface area contributed by atoms with E-state index >= 15 is 0 Å². The van der Waals surface area contributed by atoms with Crippen LogP contribution in [0.4, 0.5) is 18.9 Å². The molecular formula is C20H17F3N2O4S. The number of ether oxygens (including phenoxy) is 1. The zero-order valence-corrected chi connectivity index (χ0v) is 16.4. The summed E-state index contributed by atoms with van der Waals surface area (Å²) in [5.74, 6) is -0.705. The van der Waals surface area contributed by atoms with Crippen molar-refractivity contribution in [1.82, 2.24) is 4.90 Å². The van der Waals surface area contributed by atoms with Crippen LogP contribution < -0.4 is 5.32 Å². The number of nitrogens with one attached hydrogen (secondary N) is 1. The van der Waals surface area contributed by atoms with Gasteiger partial charge in [-0.05, 0) is 24.3 Å². The predicted octanol–water partition coefficient (Wildman–Crippen LogP) is 3.13. The first-order valence-corrected chi connectivity index (χ1v) is 10.6. The van der Waals surface area contributed by atoms with Gasteiger partial charge in [0.15, 0.2) is 4.91 Å². The van der Waals surface area contributed by atoms with Crippen LogP contribution in [0.15, 0.2) is 58.3 Å². The highest BCUT2D eigenvalue weighted by atomic mass is 32.2. The Morgan fingerprint density at radius 3 is 2.43 bits per heavy atom. The number of benzene rings is 2. The standard InChI is InChI=1S/C20H17F3N2O4S/c21-20(22,23)13-4-3-5-14(12-13)24-17-15-6-1-2-7-16(15)30(27,28)18(17)19(26)25-8-10-29-11-9-25/h1-7,12,24H,8-11H2. The van der Waals surface area contributed by atoms with E-state index in [1.54, 1.807) is 6.07 Å². The van der Waals surface area contributed by atoms with Crippen LogP contribution in [-0.4, -0.2) is 45.5 Å². The first-order chi connectivity index (χ1) is 14.2. The van der Waals surface area contributed by atoms with Crippen LogP contribution in [0.25, 0.3) is 5.70 Å². The summed E-state index contributed by atoms with van der Waals surface area (Å²) in [4.78, 5) is 14.0. The van der Waals surface area contributed by atoms with Gasteiger partial charge < -0.3 is 15.0 Å². The average molecular weight is 438 g/mol. The van der Waals surface area contributed by atoms with Crippen molar-refractivity contribution < 1.29 is 31.1 Å². The Morgan fingerprint density at radius 1 is 1.03 bits per heavy atom. The van der Waals surface area contributed by atoms with Gasteiger partial charge in [-0.2, -0.15) is 13.2 Å². The van der Waals surface area contributed by atoms with Gasteiger partial charge in [-0.15, -0.1) is 0 Å². The molecule has 158 valence electrons. The lowest BCUT2D eigenvalue weighted by Crippen LogP contribution is -2.42. The Balaban J connectivity index is 1.82. The molecule has 2 aromatic rings. The Kier molecular flexibility index (Phi) is 5.07. The van der Waals surface area contributed by atoms with Crippen LogP contribution in [0.5, 0.6) is 0 Å². The summed E-state index contributed by atoms with van der Waals surface area (Å²) < 4.78 is 70.7. The summed E-state index contributed by atoms with van der Waals surface area (Å²) in [6.07, 6.45) is -4.56. The van der Waals surface area contributed by atoms with E-state index in [1.807, 2.05) is 0 Å². The van der Waals surface area contributed by atoms with Crippen LogP contribution in [0.3, 0.4) is 0 Å². The molecule has 4 rings (SSSR count). The number of sulfone groups is 1. The van der Waals surface area contributed by atoms with Gasteiger partial charge >= 0.3 is 6.18 Å². The monoisotopic (exact) mass is 438 g/mol. The smallest absolute Gasteiger partial charge is 0.378 e. The quantitative estimate of drug-likeness (QED) is 0.797. The topological polar surface area (TPSA) is 75.7 Å². The molecule has 0 spiro atoms. The summed E-state index contributed by atoms with van der Waals surface area (Å²) in [5, 5.41) is 2.76. The number of carbonyl (C=O) groups excluding carboxylic acids is 1. The van der Waals surface area contributed by atoms with Crippen molar-refractivity contribution in [1.29, 1.82) is 0 Å². The molecule has 0 bridgehead atoms. The number of hydrogen-bond donors (Lipinski definition) is 1. The highest BCUT2D eigenvalue weighted by molar-refractivity contribution is 7.97. The molecule has 2 aliphatic heterocycles. The third kappa shape index (κ3) is 3.56. The summed E-state index contributed by atoms with van der Waals surface area (Å²) in [6.45, 7) is 1.01. The molecule has 0 aliphatic carbocycles. The normalized spacial score (nSPS) is 18.3. The lowest BCUT2D eigenvalue weighted by atomic mass is 10.1. The van der Waals surface area contributed by atoms with E-state index in [0.29, 0.717) is 0 Å². The SMILES string of the molecule is O=C(C1=C(Nc2cccc(C(F)(F)F)c2)c2ccccc2S1(=O)=O)N1CCOCC1. The Labute approximate surface area is 170 Å². The minimum Gasteiger partial charge on any atom is -0.378 e. The highest BCUT2D eigenvalue weighted by Gasteiger charge is 2.42. The zero-order valence-electron chi connectivity index (χ0n) is 15.6. The Morgan fingerprint density at radius 2 is 1.73 bits per heavy atom. The summed E-state index contributed by atoms with van der Waals surface area (Å²) in [5.41, 5.74) is -0.643. The van der Waals surface area contributed by atoms with Crippen molar-refractivity contribution >= 4 is 27.1 Å². The van der Waals surface area contributed by atoms with Gasteiger partial charge in [0.1, 0.15) is 0 Å². The fraction of sp³-hybridized carbons (Fsp3) is 0.250. The number of nitrogens with zero attached hydrogens (tertiary/aromatic N) is 1. The van der Waals surface area contributed by atoms with E-state index in [4.69, 9.17) is 4.74 Å². The van der Waals surface area contributed by atoms with Crippen LogP contribution in [0, 0.1) is 0 Å². The van der Waals surface area contributed by atoms with Gasteiger partial charge in [0.25, 0.3) is 5.91 Å². The molecule has 0 radical (unpaired) electrons. The molecule has 6 nitrogen and oxygen atoms in total. The van der Waals surface area contributed by atoms with Crippen molar-refractivity contribution in [2.45, 2.75) is 11.1 Å². The van der Waals surface area contributed by atoms with Crippen LogP contribution in [-0.2, 0) is 25.5 Å². The maximum Gasteiger partial charge on any atom is 0.416 e. The van der Waals surface area contributed by atoms with Gasteiger partial charge in [-0.25, -0.2) is 8.42 Å². The molecule has 2 heterocycles. The number of amides is 1. The second kappa shape index (κ2) is 7.44. The van der Waals surface area contributed by atoms with E-state index in [2.05, 4.69) is 5.32 Å². The van der Waals surface area contributed by atoms with Crippen LogP contribution >= 0.6 is 0 Å². The van der Waals surface area contributed by atoms with Crippen molar-refractivity contribution in [3.63, 3.8) is 0 Å². The number of morpholine rings is 1. The fourth-order valence-corrected chi connectivity index (χ4v) is 5.17. The number of hydrogen-bond acceptors (Lipinski definition) is 5. The van der Waals surface area contributed by atoms with Crippen LogP contribution in [0.2, 0.25) is 0 Å². The molecule has 0 aromatic heterocycles. The second-order valence-corrected chi connectivity index (χ2v) is 8.67. The summed E-state index contributed by atoms with van der Waals surface area (Å²) >= 11 is 0. The molecule has 1 N–H and O–H groups in total. The number of carbonyl (C=O) groups is 1. The van der Waals surface area contributed by atoms with E-state index < -0.39 is 32.4 Å². The molecule has 2 aliphatic rings. The first-order valence-electron chi connectivity index (χ1n) is 9.09. The van der Waals surface area contributed by atoms with Crippen molar-refractivity contribution in [3.05, 3.63) is 64.6 Å². The number of anilines is 1. The molecule has 1 fully saturated rings. The highest BCUT2D eigenvalue weighted by Crippen LogP contribution is 2.41. The van der Waals surface area contributed by atoms with Gasteiger partial charge in [0, 0.05) is 24.3 Å². The molecule has 10 heteroatoms. The van der Waals surface area contributed by atoms with Crippen molar-refractivity contribution in [3.8, 4) is 0 Å². The molecule has 0 saturated carbocycles. The molecule has 30 heavy (non-hydrogen) atoms. The van der Waals surface area contributed by atoms with E-state index in [0.717, 1.165) is 12.1 Å². The third-order valence-electron chi connectivity index (χ3n) is 4.89. The van der Waals surface area contributed by atoms with E-state index in [-0.39, 0.29) is 48.1 Å². The second-order valence-electron chi connectivity index (χ2n) is 6.81. The fourth-order valence-electron chi connectivity index (χ4n) is 3.45. The van der Waals surface area contributed by atoms with Crippen LogP contribution in [0.1, 0.15) is 11.1 Å². The van der Waals surface area contributed by atoms with E-state index in [1.165, 1.54) is 35.2 Å². The Hall–Kier alpha value is -2.85. The minimum atomic E-state index is -4.56. The van der Waals surface area contributed by atoms with Gasteiger partial charge in [-0.3, -0.25) is 4.79 Å². The van der Waals surface area contributed by atoms with Crippen molar-refractivity contribution in [2.75, 3.05) is 31.6 Å². The first kappa shape index (κ1) is 20.4. The lowest BCUT2D eigenvalue weighted by molar-refractivity contribution is -0.137. The molecule has 0 atom stereocenters. The lowest BCUT2D eigenvalue weighted by Gasteiger charge is -2.27. The van der Waals surface area contributed by atoms with Gasteiger partial charge in [0.2, 0.25) is 9.84 Å². The third-order valence-corrected chi connectivity index (χ3v) is 6.74. The maximum atomic E-state index is 13.1. The minimum absolute atomic E-state index is 0.0265. The number of alkyl halides is 3. The summed E-state index contributed by atoms with van der Waals surface area (Å²) in [6, 6.07) is 10.4. The molecule has 0 unspecified atom stereocenters. The average Bonchev–Trinajstić information content (AvgIpc) is 2.95. The molecule has 1 amide bonds. The van der Waals surface area contributed by atoms with Crippen molar-refractivity contribution in [2.24, 2.45) is 0 Å². The summed E-state index contributed by atoms with van der Waals surface area (Å²) in [7, 11) is -4.14.